The average Bonchev–Trinajstić information content (AvgIpc) is 3.00. The van der Waals surface area contributed by atoms with Crippen molar-refractivity contribution in [3.63, 3.8) is 0 Å². The number of benzene rings is 1. The summed E-state index contributed by atoms with van der Waals surface area (Å²) >= 11 is 13.5. The van der Waals surface area contributed by atoms with Crippen LogP contribution in [-0.2, 0) is 5.41 Å². The molecule has 2 amide bonds. The minimum absolute atomic E-state index is 0.000898. The maximum atomic E-state index is 12.3. The number of halogens is 2. The summed E-state index contributed by atoms with van der Waals surface area (Å²) in [4.78, 5) is 16.9. The summed E-state index contributed by atoms with van der Waals surface area (Å²) in [6.45, 7) is 10.2. The van der Waals surface area contributed by atoms with Crippen LogP contribution in [0.15, 0.2) is 23.6 Å². The highest BCUT2D eigenvalue weighted by atomic mass is 35.5. The minimum atomic E-state index is -0.251. The van der Waals surface area contributed by atoms with Crippen molar-refractivity contribution in [3.05, 3.63) is 49.9 Å². The van der Waals surface area contributed by atoms with Gasteiger partial charge in [-0.05, 0) is 31.5 Å². The number of urea groups is 1. The molecule has 0 bridgehead atoms. The smallest absolute Gasteiger partial charge is 0.315 e. The molecule has 0 saturated heterocycles. The van der Waals surface area contributed by atoms with E-state index >= 15 is 0 Å². The number of rotatable bonds is 4. The van der Waals surface area contributed by atoms with Crippen LogP contribution < -0.4 is 10.6 Å². The molecule has 1 heterocycles. The second-order valence-corrected chi connectivity index (χ2v) is 8.76. The van der Waals surface area contributed by atoms with E-state index in [-0.39, 0.29) is 23.5 Å². The summed E-state index contributed by atoms with van der Waals surface area (Å²) in [7, 11) is 0. The van der Waals surface area contributed by atoms with E-state index in [0.29, 0.717) is 10.0 Å². The van der Waals surface area contributed by atoms with E-state index < -0.39 is 0 Å². The van der Waals surface area contributed by atoms with Gasteiger partial charge < -0.3 is 10.6 Å². The lowest BCUT2D eigenvalue weighted by atomic mass is 9.93. The van der Waals surface area contributed by atoms with Gasteiger partial charge in [-0.1, -0.05) is 50.0 Å². The molecule has 2 N–H and O–H groups in total. The number of hydrogen-bond acceptors (Lipinski definition) is 3. The fourth-order valence-corrected chi connectivity index (χ4v) is 3.55. The Balaban J connectivity index is 1.97. The third-order valence-corrected chi connectivity index (χ3v) is 5.57. The average molecular weight is 400 g/mol. The molecule has 25 heavy (non-hydrogen) atoms. The Hall–Kier alpha value is -1.30. The Labute approximate surface area is 163 Å². The van der Waals surface area contributed by atoms with Crippen molar-refractivity contribution in [3.8, 4) is 0 Å². The molecule has 2 aromatic rings. The van der Waals surface area contributed by atoms with E-state index in [1.165, 1.54) is 0 Å². The molecule has 0 fully saturated rings. The Morgan fingerprint density at radius 1 is 1.12 bits per heavy atom. The number of carbonyl (C=O) groups is 1. The summed E-state index contributed by atoms with van der Waals surface area (Å²) in [5.41, 5.74) is 1.92. The highest BCUT2D eigenvalue weighted by Crippen LogP contribution is 2.27. The Morgan fingerprint density at radius 2 is 1.76 bits per heavy atom. The molecule has 0 saturated carbocycles. The first-order chi connectivity index (χ1) is 11.6. The zero-order valence-electron chi connectivity index (χ0n) is 15.0. The number of carbonyl (C=O) groups excluding carboxylic acids is 1. The number of thiazole rings is 1. The van der Waals surface area contributed by atoms with Gasteiger partial charge in [-0.15, -0.1) is 11.3 Å². The van der Waals surface area contributed by atoms with Crippen molar-refractivity contribution in [2.75, 3.05) is 0 Å². The summed E-state index contributed by atoms with van der Waals surface area (Å²) in [5.74, 6) is 0. The van der Waals surface area contributed by atoms with Crippen LogP contribution in [0, 0.1) is 0 Å². The van der Waals surface area contributed by atoms with E-state index in [4.69, 9.17) is 23.2 Å². The molecule has 1 aromatic carbocycles. The van der Waals surface area contributed by atoms with Crippen LogP contribution >= 0.6 is 34.5 Å². The van der Waals surface area contributed by atoms with E-state index in [0.717, 1.165) is 16.3 Å². The molecule has 0 aliphatic rings. The van der Waals surface area contributed by atoms with Crippen molar-refractivity contribution in [1.29, 1.82) is 0 Å². The van der Waals surface area contributed by atoms with Gasteiger partial charge in [-0.2, -0.15) is 0 Å². The van der Waals surface area contributed by atoms with Crippen molar-refractivity contribution in [2.45, 2.75) is 52.1 Å². The normalized spacial score (nSPS) is 14.0. The van der Waals surface area contributed by atoms with Gasteiger partial charge in [0, 0.05) is 10.8 Å². The van der Waals surface area contributed by atoms with E-state index in [2.05, 4.69) is 36.4 Å². The van der Waals surface area contributed by atoms with Crippen molar-refractivity contribution in [1.82, 2.24) is 15.6 Å². The number of aromatic nitrogens is 1. The number of nitrogens with zero attached hydrogens (tertiary/aromatic N) is 1. The lowest BCUT2D eigenvalue weighted by molar-refractivity contribution is 0.235. The van der Waals surface area contributed by atoms with Gasteiger partial charge in [0.05, 0.1) is 27.8 Å². The van der Waals surface area contributed by atoms with Crippen LogP contribution in [0.4, 0.5) is 4.79 Å². The fourth-order valence-electron chi connectivity index (χ4n) is 2.19. The highest BCUT2D eigenvalue weighted by Gasteiger charge is 2.21. The van der Waals surface area contributed by atoms with Gasteiger partial charge in [0.15, 0.2) is 0 Å². The van der Waals surface area contributed by atoms with E-state index in [1.807, 2.05) is 25.3 Å². The molecular weight excluding hydrogens is 377 g/mol. The number of nitrogens with one attached hydrogen (secondary N) is 2. The van der Waals surface area contributed by atoms with Crippen molar-refractivity contribution < 1.29 is 4.79 Å². The molecule has 0 aliphatic carbocycles. The summed E-state index contributed by atoms with van der Waals surface area (Å²) in [5, 5.41) is 9.73. The zero-order valence-corrected chi connectivity index (χ0v) is 17.3. The first-order valence-electron chi connectivity index (χ1n) is 8.06. The fraction of sp³-hybridized carbons (Fsp3) is 0.444. The van der Waals surface area contributed by atoms with Crippen LogP contribution in [0.5, 0.6) is 0 Å². The van der Waals surface area contributed by atoms with Gasteiger partial charge in [-0.3, -0.25) is 0 Å². The van der Waals surface area contributed by atoms with Crippen LogP contribution in [0.3, 0.4) is 0 Å². The second-order valence-electron chi connectivity index (χ2n) is 7.06. The van der Waals surface area contributed by atoms with E-state index in [1.54, 1.807) is 23.5 Å². The maximum Gasteiger partial charge on any atom is 0.315 e. The van der Waals surface area contributed by atoms with Gasteiger partial charge >= 0.3 is 6.03 Å². The Morgan fingerprint density at radius 3 is 2.32 bits per heavy atom. The Bertz CT molecular complexity index is 755. The summed E-state index contributed by atoms with van der Waals surface area (Å²) < 4.78 is 0. The SMILES string of the molecule is CC(NC(=O)NC(C)c1nc(C(C)(C)C)cs1)c1ccc(Cl)c(Cl)c1. The molecule has 2 unspecified atom stereocenters. The molecule has 1 aromatic heterocycles. The molecule has 136 valence electrons. The van der Waals surface area contributed by atoms with Crippen molar-refractivity contribution >= 4 is 40.6 Å². The molecular formula is C18H23Cl2N3OS. The molecule has 0 aliphatic heterocycles. The molecule has 7 heteroatoms. The Kier molecular flexibility index (Phi) is 6.35. The predicted molar refractivity (Wildman–Crippen MR) is 106 cm³/mol. The summed E-state index contributed by atoms with van der Waals surface area (Å²) in [6.07, 6.45) is 0. The number of amides is 2. The first kappa shape index (κ1) is 20.0. The van der Waals surface area contributed by atoms with Crippen LogP contribution in [-0.4, -0.2) is 11.0 Å². The van der Waals surface area contributed by atoms with Crippen LogP contribution in [0.2, 0.25) is 10.0 Å². The largest absolute Gasteiger partial charge is 0.332 e. The highest BCUT2D eigenvalue weighted by molar-refractivity contribution is 7.09. The van der Waals surface area contributed by atoms with Gasteiger partial charge in [0.25, 0.3) is 0 Å². The monoisotopic (exact) mass is 399 g/mol. The molecule has 4 nitrogen and oxygen atoms in total. The number of hydrogen-bond donors (Lipinski definition) is 2. The quantitative estimate of drug-likeness (QED) is 0.675. The van der Waals surface area contributed by atoms with Crippen molar-refractivity contribution in [2.24, 2.45) is 0 Å². The van der Waals surface area contributed by atoms with Gasteiger partial charge in [0.1, 0.15) is 5.01 Å². The van der Waals surface area contributed by atoms with Crippen LogP contribution in [0.1, 0.15) is 63.0 Å². The second kappa shape index (κ2) is 7.94. The zero-order chi connectivity index (χ0) is 18.8. The molecule has 2 rings (SSSR count). The maximum absolute atomic E-state index is 12.3. The molecule has 0 spiro atoms. The molecule has 2 atom stereocenters. The first-order valence-corrected chi connectivity index (χ1v) is 9.69. The van der Waals surface area contributed by atoms with Crippen LogP contribution in [0.25, 0.3) is 0 Å². The minimum Gasteiger partial charge on any atom is -0.332 e. The predicted octanol–water partition coefficient (Wildman–Crippen LogP) is 5.87. The summed E-state index contributed by atoms with van der Waals surface area (Å²) in [6, 6.07) is 4.72. The van der Waals surface area contributed by atoms with E-state index in [9.17, 15) is 4.79 Å². The topological polar surface area (TPSA) is 54.0 Å². The third-order valence-electron chi connectivity index (χ3n) is 3.80. The van der Waals surface area contributed by atoms with Gasteiger partial charge in [-0.25, -0.2) is 9.78 Å². The van der Waals surface area contributed by atoms with Gasteiger partial charge in [0.2, 0.25) is 0 Å². The lowest BCUT2D eigenvalue weighted by Gasteiger charge is -2.18. The third kappa shape index (κ3) is 5.33. The lowest BCUT2D eigenvalue weighted by Crippen LogP contribution is -2.38. The molecule has 0 radical (unpaired) electrons. The standard InChI is InChI=1S/C18H23Cl2N3OS/c1-10(12-6-7-13(19)14(20)8-12)21-17(24)22-11(2)16-23-15(9-25-16)18(3,4)5/h6-11H,1-5H3,(H2,21,22,24).